The summed E-state index contributed by atoms with van der Waals surface area (Å²) < 4.78 is 8.42. The van der Waals surface area contributed by atoms with Crippen LogP contribution in [0.15, 0.2) is 47.5 Å². The summed E-state index contributed by atoms with van der Waals surface area (Å²) in [5.41, 5.74) is 2.55. The normalized spacial score (nSPS) is 11.9. The molecular weight excluding hydrogens is 358 g/mol. The van der Waals surface area contributed by atoms with E-state index in [9.17, 15) is 9.59 Å². The number of hydrogen-bond donors (Lipinski definition) is 1. The van der Waals surface area contributed by atoms with Crippen molar-refractivity contribution in [3.05, 3.63) is 70.2 Å². The predicted octanol–water partition coefficient (Wildman–Crippen LogP) is 1.93. The highest BCUT2D eigenvalue weighted by Gasteiger charge is 2.15. The Morgan fingerprint density at radius 3 is 2.75 bits per heavy atom. The number of hydrogen-bond acceptors (Lipinski definition) is 5. The maximum Gasteiger partial charge on any atom is 0.348 e. The van der Waals surface area contributed by atoms with Crippen LogP contribution < -0.4 is 15.7 Å². The summed E-state index contributed by atoms with van der Waals surface area (Å²) in [5.74, 6) is 0.434. The molecule has 1 amide bonds. The molecule has 0 aliphatic rings. The van der Waals surface area contributed by atoms with E-state index in [0.717, 1.165) is 11.3 Å². The molecule has 1 atom stereocenters. The van der Waals surface area contributed by atoms with Crippen LogP contribution >= 0.6 is 0 Å². The molecule has 0 saturated carbocycles. The smallest absolute Gasteiger partial charge is 0.348 e. The van der Waals surface area contributed by atoms with Crippen LogP contribution in [-0.2, 0) is 11.3 Å². The molecule has 0 aliphatic heterocycles. The van der Waals surface area contributed by atoms with Gasteiger partial charge < -0.3 is 10.1 Å². The maximum absolute atomic E-state index is 12.4. The van der Waals surface area contributed by atoms with Gasteiger partial charge in [-0.25, -0.2) is 9.48 Å². The van der Waals surface area contributed by atoms with E-state index >= 15 is 0 Å². The standard InChI is InChI=1S/C20H23N5O3/c1-13-9-14(2)24(20(27)22-13)12-19(26)23-15(3)16-10-21-25(11-16)17-7-5-6-8-18(17)28-4/h5-11,15H,12H2,1-4H3,(H,23,26)/t15-/m0/s1. The van der Waals surface area contributed by atoms with Gasteiger partial charge in [0, 0.05) is 23.1 Å². The second-order valence-corrected chi connectivity index (χ2v) is 6.59. The Bertz CT molecular complexity index is 1050. The lowest BCUT2D eigenvalue weighted by atomic mass is 10.2. The molecule has 0 fully saturated rings. The van der Waals surface area contributed by atoms with Gasteiger partial charge in [-0.3, -0.25) is 9.36 Å². The zero-order chi connectivity index (χ0) is 20.3. The zero-order valence-electron chi connectivity index (χ0n) is 16.3. The Hall–Kier alpha value is -3.42. The average molecular weight is 381 g/mol. The molecule has 0 bridgehead atoms. The van der Waals surface area contributed by atoms with Crippen molar-refractivity contribution in [1.29, 1.82) is 0 Å². The molecule has 2 heterocycles. The third kappa shape index (κ3) is 4.11. The topological polar surface area (TPSA) is 91.0 Å². The Kier molecular flexibility index (Phi) is 5.58. The molecule has 28 heavy (non-hydrogen) atoms. The first-order chi connectivity index (χ1) is 13.4. The van der Waals surface area contributed by atoms with Crippen LogP contribution in [0.5, 0.6) is 5.75 Å². The Labute approximate surface area is 162 Å². The molecule has 1 aromatic carbocycles. The number of para-hydroxylation sites is 2. The summed E-state index contributed by atoms with van der Waals surface area (Å²) in [7, 11) is 1.61. The fraction of sp³-hybridized carbons (Fsp3) is 0.300. The second kappa shape index (κ2) is 8.08. The first-order valence-corrected chi connectivity index (χ1v) is 8.91. The predicted molar refractivity (Wildman–Crippen MR) is 105 cm³/mol. The van der Waals surface area contributed by atoms with Crippen molar-refractivity contribution in [3.8, 4) is 11.4 Å². The number of aryl methyl sites for hydroxylation is 2. The van der Waals surface area contributed by atoms with Gasteiger partial charge >= 0.3 is 5.69 Å². The summed E-state index contributed by atoms with van der Waals surface area (Å²) in [4.78, 5) is 28.3. The number of aromatic nitrogens is 4. The first-order valence-electron chi connectivity index (χ1n) is 8.91. The highest BCUT2D eigenvalue weighted by Crippen LogP contribution is 2.22. The number of nitrogens with one attached hydrogen (secondary N) is 1. The molecule has 8 nitrogen and oxygen atoms in total. The summed E-state index contributed by atoms with van der Waals surface area (Å²) in [5, 5.41) is 7.26. The highest BCUT2D eigenvalue weighted by molar-refractivity contribution is 5.76. The molecule has 3 aromatic rings. The lowest BCUT2D eigenvalue weighted by Gasteiger charge is -2.14. The van der Waals surface area contributed by atoms with Gasteiger partial charge in [-0.2, -0.15) is 10.1 Å². The van der Waals surface area contributed by atoms with Crippen molar-refractivity contribution in [3.63, 3.8) is 0 Å². The van der Waals surface area contributed by atoms with E-state index in [1.165, 1.54) is 4.57 Å². The minimum absolute atomic E-state index is 0.0804. The number of methoxy groups -OCH3 is 1. The minimum atomic E-state index is -0.427. The molecule has 2 aromatic heterocycles. The number of amides is 1. The molecule has 0 saturated heterocycles. The Balaban J connectivity index is 1.72. The number of benzene rings is 1. The van der Waals surface area contributed by atoms with Gasteiger partial charge in [0.05, 0.1) is 19.3 Å². The molecule has 0 spiro atoms. The SMILES string of the molecule is COc1ccccc1-n1cc([C@H](C)NC(=O)Cn2c(C)cc(C)nc2=O)cn1. The van der Waals surface area contributed by atoms with E-state index in [1.54, 1.807) is 37.9 Å². The number of carbonyl (C=O) groups is 1. The molecule has 0 unspecified atom stereocenters. The van der Waals surface area contributed by atoms with Crippen LogP contribution in [0, 0.1) is 13.8 Å². The van der Waals surface area contributed by atoms with Crippen LogP contribution in [-0.4, -0.2) is 32.3 Å². The van der Waals surface area contributed by atoms with Gasteiger partial charge in [0.25, 0.3) is 0 Å². The minimum Gasteiger partial charge on any atom is -0.494 e. The average Bonchev–Trinajstić information content (AvgIpc) is 3.14. The zero-order valence-corrected chi connectivity index (χ0v) is 16.3. The van der Waals surface area contributed by atoms with E-state index in [1.807, 2.05) is 37.4 Å². The van der Waals surface area contributed by atoms with E-state index in [0.29, 0.717) is 17.1 Å². The van der Waals surface area contributed by atoms with Gasteiger partial charge in [-0.1, -0.05) is 12.1 Å². The molecular formula is C20H23N5O3. The number of nitrogens with zero attached hydrogens (tertiary/aromatic N) is 4. The highest BCUT2D eigenvalue weighted by atomic mass is 16.5. The van der Waals surface area contributed by atoms with Crippen molar-refractivity contribution in [1.82, 2.24) is 24.6 Å². The van der Waals surface area contributed by atoms with Crippen molar-refractivity contribution in [2.75, 3.05) is 7.11 Å². The lowest BCUT2D eigenvalue weighted by molar-refractivity contribution is -0.122. The fourth-order valence-electron chi connectivity index (χ4n) is 2.99. The Morgan fingerprint density at radius 1 is 1.29 bits per heavy atom. The molecule has 8 heteroatoms. The summed E-state index contributed by atoms with van der Waals surface area (Å²) in [6, 6.07) is 9.05. The number of ether oxygens (including phenoxy) is 1. The van der Waals surface area contributed by atoms with E-state index in [2.05, 4.69) is 15.4 Å². The summed E-state index contributed by atoms with van der Waals surface area (Å²) >= 11 is 0. The maximum atomic E-state index is 12.4. The third-order valence-electron chi connectivity index (χ3n) is 4.46. The number of carbonyl (C=O) groups excluding carboxylic acids is 1. The summed E-state index contributed by atoms with van der Waals surface area (Å²) in [6.07, 6.45) is 3.54. The van der Waals surface area contributed by atoms with E-state index < -0.39 is 5.69 Å². The van der Waals surface area contributed by atoms with E-state index in [4.69, 9.17) is 4.74 Å². The first kappa shape index (κ1) is 19.3. The molecule has 0 radical (unpaired) electrons. The monoisotopic (exact) mass is 381 g/mol. The van der Waals surface area contributed by atoms with Crippen LogP contribution in [0.4, 0.5) is 0 Å². The Morgan fingerprint density at radius 2 is 2.04 bits per heavy atom. The fourth-order valence-corrected chi connectivity index (χ4v) is 2.99. The molecule has 0 aliphatic carbocycles. The van der Waals surface area contributed by atoms with Gasteiger partial charge in [-0.15, -0.1) is 0 Å². The molecule has 146 valence electrons. The van der Waals surface area contributed by atoms with Crippen LogP contribution in [0.2, 0.25) is 0 Å². The van der Waals surface area contributed by atoms with Crippen LogP contribution in [0.25, 0.3) is 5.69 Å². The van der Waals surface area contributed by atoms with Crippen LogP contribution in [0.3, 0.4) is 0 Å². The van der Waals surface area contributed by atoms with Crippen molar-refractivity contribution < 1.29 is 9.53 Å². The van der Waals surface area contributed by atoms with Crippen molar-refractivity contribution >= 4 is 5.91 Å². The van der Waals surface area contributed by atoms with Gasteiger partial charge in [0.1, 0.15) is 18.0 Å². The lowest BCUT2D eigenvalue weighted by Crippen LogP contribution is -2.35. The van der Waals surface area contributed by atoms with E-state index in [-0.39, 0.29) is 18.5 Å². The largest absolute Gasteiger partial charge is 0.494 e. The number of rotatable bonds is 6. The quantitative estimate of drug-likeness (QED) is 0.705. The summed E-state index contributed by atoms with van der Waals surface area (Å²) in [6.45, 7) is 5.32. The molecule has 1 N–H and O–H groups in total. The van der Waals surface area contributed by atoms with Gasteiger partial charge in [0.15, 0.2) is 0 Å². The second-order valence-electron chi connectivity index (χ2n) is 6.59. The molecule has 3 rings (SSSR count). The van der Waals surface area contributed by atoms with Gasteiger partial charge in [0.2, 0.25) is 5.91 Å². The van der Waals surface area contributed by atoms with Gasteiger partial charge in [-0.05, 0) is 39.0 Å². The van der Waals surface area contributed by atoms with Crippen molar-refractivity contribution in [2.45, 2.75) is 33.4 Å². The third-order valence-corrected chi connectivity index (χ3v) is 4.46. The van der Waals surface area contributed by atoms with Crippen molar-refractivity contribution in [2.24, 2.45) is 0 Å². The van der Waals surface area contributed by atoms with Crippen LogP contribution in [0.1, 0.15) is 29.9 Å².